The van der Waals surface area contributed by atoms with Crippen LogP contribution in [0.2, 0.25) is 0 Å². The number of anilines is 1. The van der Waals surface area contributed by atoms with Gasteiger partial charge in [-0.15, -0.1) is 0 Å². The summed E-state index contributed by atoms with van der Waals surface area (Å²) in [7, 11) is -3.72. The Kier molecular flexibility index (Phi) is 4.24. The molecule has 0 radical (unpaired) electrons. The van der Waals surface area contributed by atoms with Crippen molar-refractivity contribution >= 4 is 21.4 Å². The van der Waals surface area contributed by atoms with Gasteiger partial charge in [-0.3, -0.25) is 10.1 Å². The van der Waals surface area contributed by atoms with Crippen LogP contribution in [0, 0.1) is 16.0 Å². The summed E-state index contributed by atoms with van der Waals surface area (Å²) >= 11 is 0. The van der Waals surface area contributed by atoms with Crippen LogP contribution in [0.4, 0.5) is 11.4 Å². The summed E-state index contributed by atoms with van der Waals surface area (Å²) in [4.78, 5) is 9.93. The molecule has 1 aromatic carbocycles. The Labute approximate surface area is 117 Å². The molecule has 2 rings (SSSR count). The molecule has 7 nitrogen and oxygen atoms in total. The fourth-order valence-electron chi connectivity index (χ4n) is 1.94. The third kappa shape index (κ3) is 3.67. The molecule has 8 heteroatoms. The van der Waals surface area contributed by atoms with Crippen molar-refractivity contribution in [3.63, 3.8) is 0 Å². The average Bonchev–Trinajstić information content (AvgIpc) is 3.18. The summed E-state index contributed by atoms with van der Waals surface area (Å²) in [6.45, 7) is 0.344. The van der Waals surface area contributed by atoms with Gasteiger partial charge in [0.1, 0.15) is 5.69 Å². The Hall–Kier alpha value is -1.67. The lowest BCUT2D eigenvalue weighted by Gasteiger charge is -2.07. The Morgan fingerprint density at radius 1 is 1.40 bits per heavy atom. The van der Waals surface area contributed by atoms with Crippen molar-refractivity contribution < 1.29 is 13.3 Å². The van der Waals surface area contributed by atoms with E-state index in [1.807, 2.05) is 0 Å². The van der Waals surface area contributed by atoms with E-state index in [0.717, 1.165) is 24.8 Å². The average molecular weight is 299 g/mol. The molecule has 3 N–H and O–H groups in total. The highest BCUT2D eigenvalue weighted by atomic mass is 32.2. The molecule has 0 bridgehead atoms. The number of sulfonamides is 1. The molecular weight excluding hydrogens is 282 g/mol. The lowest BCUT2D eigenvalue weighted by Crippen LogP contribution is -2.25. The van der Waals surface area contributed by atoms with Crippen LogP contribution in [0.15, 0.2) is 23.1 Å². The molecule has 0 atom stereocenters. The van der Waals surface area contributed by atoms with Crippen LogP contribution in [0.5, 0.6) is 0 Å². The van der Waals surface area contributed by atoms with Gasteiger partial charge in [-0.2, -0.15) is 0 Å². The first kappa shape index (κ1) is 14.7. The van der Waals surface area contributed by atoms with Crippen LogP contribution in [0.25, 0.3) is 0 Å². The summed E-state index contributed by atoms with van der Waals surface area (Å²) in [5, 5.41) is 10.8. The van der Waals surface area contributed by atoms with E-state index in [1.165, 1.54) is 25.0 Å². The minimum Gasteiger partial charge on any atom is -0.393 e. The molecule has 1 fully saturated rings. The van der Waals surface area contributed by atoms with E-state index < -0.39 is 20.6 Å². The molecule has 20 heavy (non-hydrogen) atoms. The number of hydrogen-bond acceptors (Lipinski definition) is 5. The molecule has 0 unspecified atom stereocenters. The van der Waals surface area contributed by atoms with Crippen molar-refractivity contribution in [2.75, 3.05) is 12.3 Å². The van der Waals surface area contributed by atoms with Gasteiger partial charge in [-0.1, -0.05) is 12.8 Å². The van der Waals surface area contributed by atoms with Crippen molar-refractivity contribution in [3.05, 3.63) is 28.3 Å². The van der Waals surface area contributed by atoms with E-state index in [-0.39, 0.29) is 10.6 Å². The maximum atomic E-state index is 12.0. The molecule has 0 amide bonds. The van der Waals surface area contributed by atoms with Crippen molar-refractivity contribution in [2.24, 2.45) is 5.92 Å². The molecule has 0 aliphatic heterocycles. The standard InChI is InChI=1S/C12H17N3O4S/c13-11-6-5-10(8-12(11)15(16)17)20(18,19)14-7-1-2-9-3-4-9/h5-6,8-9,14H,1-4,7,13H2. The monoisotopic (exact) mass is 299 g/mol. The summed E-state index contributed by atoms with van der Waals surface area (Å²) in [5.74, 6) is 0.747. The fraction of sp³-hybridized carbons (Fsp3) is 0.500. The van der Waals surface area contributed by atoms with E-state index in [2.05, 4.69) is 4.72 Å². The minimum atomic E-state index is -3.72. The van der Waals surface area contributed by atoms with Crippen LogP contribution in [-0.4, -0.2) is 19.9 Å². The minimum absolute atomic E-state index is 0.0531. The van der Waals surface area contributed by atoms with Crippen LogP contribution in [-0.2, 0) is 10.0 Å². The first-order chi connectivity index (χ1) is 9.40. The van der Waals surface area contributed by atoms with E-state index >= 15 is 0 Å². The molecule has 110 valence electrons. The summed E-state index contributed by atoms with van der Waals surface area (Å²) in [6, 6.07) is 3.49. The number of nitrogens with one attached hydrogen (secondary N) is 1. The third-order valence-electron chi connectivity index (χ3n) is 3.29. The number of nitrogens with two attached hydrogens (primary N) is 1. The van der Waals surface area contributed by atoms with E-state index in [9.17, 15) is 18.5 Å². The highest BCUT2D eigenvalue weighted by Gasteiger charge is 2.22. The van der Waals surface area contributed by atoms with E-state index in [4.69, 9.17) is 5.73 Å². The Bertz CT molecular complexity index is 611. The highest BCUT2D eigenvalue weighted by molar-refractivity contribution is 7.89. The second-order valence-electron chi connectivity index (χ2n) is 4.96. The summed E-state index contributed by atoms with van der Waals surface area (Å²) in [5.41, 5.74) is 4.99. The number of hydrogen-bond donors (Lipinski definition) is 2. The first-order valence-corrected chi connectivity index (χ1v) is 7.92. The molecule has 0 spiro atoms. The number of rotatable bonds is 7. The van der Waals surface area contributed by atoms with Crippen molar-refractivity contribution in [3.8, 4) is 0 Å². The molecule has 0 aromatic heterocycles. The van der Waals surface area contributed by atoms with Gasteiger partial charge < -0.3 is 5.73 Å². The number of nitrogens with zero attached hydrogens (tertiary/aromatic N) is 1. The van der Waals surface area contributed by atoms with Crippen molar-refractivity contribution in [2.45, 2.75) is 30.6 Å². The fourth-order valence-corrected chi connectivity index (χ4v) is 3.03. The second-order valence-corrected chi connectivity index (χ2v) is 6.73. The van der Waals surface area contributed by atoms with Gasteiger partial charge in [-0.05, 0) is 30.9 Å². The van der Waals surface area contributed by atoms with Gasteiger partial charge in [0.25, 0.3) is 5.69 Å². The zero-order valence-electron chi connectivity index (χ0n) is 10.9. The molecule has 1 aliphatic rings. The van der Waals surface area contributed by atoms with Gasteiger partial charge in [0.2, 0.25) is 10.0 Å². The molecule has 0 heterocycles. The SMILES string of the molecule is Nc1ccc(S(=O)(=O)NCCCC2CC2)cc1[N+](=O)[O-]. The Morgan fingerprint density at radius 3 is 2.70 bits per heavy atom. The largest absolute Gasteiger partial charge is 0.393 e. The van der Waals surface area contributed by atoms with Gasteiger partial charge in [0.05, 0.1) is 9.82 Å². The maximum Gasteiger partial charge on any atom is 0.293 e. The molecule has 1 saturated carbocycles. The zero-order valence-corrected chi connectivity index (χ0v) is 11.7. The molecule has 1 aromatic rings. The predicted octanol–water partition coefficient (Wildman–Crippen LogP) is 1.65. The number of nitrogen functional groups attached to an aromatic ring is 1. The maximum absolute atomic E-state index is 12.0. The van der Waals surface area contributed by atoms with E-state index in [0.29, 0.717) is 6.54 Å². The number of nitro groups is 1. The quantitative estimate of drug-likeness (QED) is 0.344. The summed E-state index contributed by atoms with van der Waals surface area (Å²) in [6.07, 6.45) is 4.26. The zero-order chi connectivity index (χ0) is 14.8. The van der Waals surface area contributed by atoms with Crippen molar-refractivity contribution in [1.82, 2.24) is 4.72 Å². The van der Waals surface area contributed by atoms with Gasteiger partial charge >= 0.3 is 0 Å². The van der Waals surface area contributed by atoms with Crippen molar-refractivity contribution in [1.29, 1.82) is 0 Å². The molecule has 0 saturated heterocycles. The number of nitro benzene ring substituents is 1. The smallest absolute Gasteiger partial charge is 0.293 e. The van der Waals surface area contributed by atoms with Gasteiger partial charge in [0.15, 0.2) is 0 Å². The van der Waals surface area contributed by atoms with Crippen LogP contribution >= 0.6 is 0 Å². The predicted molar refractivity (Wildman–Crippen MR) is 74.7 cm³/mol. The van der Waals surface area contributed by atoms with Crippen LogP contribution < -0.4 is 10.5 Å². The number of benzene rings is 1. The Balaban J connectivity index is 2.03. The lowest BCUT2D eigenvalue weighted by atomic mass is 10.2. The van der Waals surface area contributed by atoms with Crippen LogP contribution in [0.3, 0.4) is 0 Å². The molecule has 1 aliphatic carbocycles. The molecular formula is C12H17N3O4S. The van der Waals surface area contributed by atoms with Crippen LogP contribution in [0.1, 0.15) is 25.7 Å². The Morgan fingerprint density at radius 2 is 2.10 bits per heavy atom. The van der Waals surface area contributed by atoms with Gasteiger partial charge in [-0.25, -0.2) is 13.1 Å². The third-order valence-corrected chi connectivity index (χ3v) is 4.75. The highest BCUT2D eigenvalue weighted by Crippen LogP contribution is 2.33. The normalized spacial score (nSPS) is 15.2. The second kappa shape index (κ2) is 5.76. The van der Waals surface area contributed by atoms with Gasteiger partial charge in [0, 0.05) is 12.6 Å². The first-order valence-electron chi connectivity index (χ1n) is 6.44. The summed E-state index contributed by atoms with van der Waals surface area (Å²) < 4.78 is 26.5. The lowest BCUT2D eigenvalue weighted by molar-refractivity contribution is -0.384. The topological polar surface area (TPSA) is 115 Å². The van der Waals surface area contributed by atoms with E-state index in [1.54, 1.807) is 0 Å².